The van der Waals surface area contributed by atoms with Crippen molar-refractivity contribution in [3.05, 3.63) is 68.2 Å². The minimum absolute atomic E-state index is 0.143. The van der Waals surface area contributed by atoms with Crippen molar-refractivity contribution in [2.24, 2.45) is 0 Å². The highest BCUT2D eigenvalue weighted by Gasteiger charge is 2.18. The molecular weight excluding hydrogens is 280 g/mol. The maximum atomic E-state index is 12.8. The lowest BCUT2D eigenvalue weighted by molar-refractivity contribution is 0.0991. The third-order valence-corrected chi connectivity index (χ3v) is 4.96. The summed E-state index contributed by atoms with van der Waals surface area (Å²) in [4.78, 5) is 12.8. The molecule has 0 bridgehead atoms. The minimum Gasteiger partial charge on any atom is -0.294 e. The van der Waals surface area contributed by atoms with Crippen LogP contribution in [0.25, 0.3) is 0 Å². The first-order valence-corrected chi connectivity index (χ1v) is 7.56. The second kappa shape index (κ2) is 6.03. The Morgan fingerprint density at radius 3 is 1.86 bits per heavy atom. The molecule has 0 radical (unpaired) electrons. The Balaban J connectivity index is 2.48. The number of hydrogen-bond acceptors (Lipinski definition) is 1. The van der Waals surface area contributed by atoms with Crippen molar-refractivity contribution in [2.45, 2.75) is 41.0 Å². The molecule has 0 aromatic heterocycles. The van der Waals surface area contributed by atoms with Crippen LogP contribution in [0.2, 0.25) is 5.02 Å². The molecule has 0 atom stereocenters. The van der Waals surface area contributed by atoms with Crippen molar-refractivity contribution < 1.29 is 4.79 Å². The van der Waals surface area contributed by atoms with E-state index in [1.165, 1.54) is 16.7 Å². The van der Waals surface area contributed by atoms with E-state index < -0.39 is 0 Å². The number of benzene rings is 2. The molecule has 0 heterocycles. The fourth-order valence-electron chi connectivity index (χ4n) is 2.82. The number of Topliss-reactive ketones (excluding diaryl/α,β-unsaturated/α-hetero) is 1. The second-order valence-electron chi connectivity index (χ2n) is 5.69. The lowest BCUT2D eigenvalue weighted by Crippen LogP contribution is -2.12. The smallest absolute Gasteiger partial charge is 0.167 e. The molecule has 110 valence electrons. The highest BCUT2D eigenvalue weighted by molar-refractivity contribution is 6.31. The van der Waals surface area contributed by atoms with Gasteiger partial charge in [0.2, 0.25) is 0 Å². The molecule has 0 spiro atoms. The number of rotatable bonds is 3. The van der Waals surface area contributed by atoms with Gasteiger partial charge in [-0.25, -0.2) is 0 Å². The standard InChI is InChI=1S/C19H21ClO/c1-11-12(2)14(4)19(15(5)13(11)3)18(21)10-16-8-6-7-9-17(16)20/h6-9H,10H2,1-5H3. The van der Waals surface area contributed by atoms with Crippen molar-refractivity contribution in [1.29, 1.82) is 0 Å². The van der Waals surface area contributed by atoms with E-state index in [2.05, 4.69) is 20.8 Å². The van der Waals surface area contributed by atoms with Crippen LogP contribution in [0.4, 0.5) is 0 Å². The van der Waals surface area contributed by atoms with Crippen LogP contribution in [-0.4, -0.2) is 5.78 Å². The molecule has 0 saturated carbocycles. The van der Waals surface area contributed by atoms with E-state index in [4.69, 9.17) is 11.6 Å². The Kier molecular flexibility index (Phi) is 4.53. The van der Waals surface area contributed by atoms with Gasteiger partial charge in [0.15, 0.2) is 5.78 Å². The zero-order valence-corrected chi connectivity index (χ0v) is 14.1. The molecule has 0 N–H and O–H groups in total. The summed E-state index contributed by atoms with van der Waals surface area (Å²) in [6.45, 7) is 10.4. The topological polar surface area (TPSA) is 17.1 Å². The van der Waals surface area contributed by atoms with Gasteiger partial charge in [0, 0.05) is 17.0 Å². The van der Waals surface area contributed by atoms with Crippen LogP contribution in [0, 0.1) is 34.6 Å². The predicted octanol–water partition coefficient (Wildman–Crippen LogP) is 5.31. The van der Waals surface area contributed by atoms with Gasteiger partial charge in [-0.3, -0.25) is 4.79 Å². The van der Waals surface area contributed by atoms with Crippen LogP contribution in [0.1, 0.15) is 43.7 Å². The molecule has 2 heteroatoms. The molecule has 2 aromatic rings. The third kappa shape index (κ3) is 2.89. The minimum atomic E-state index is 0.143. The highest BCUT2D eigenvalue weighted by atomic mass is 35.5. The fourth-order valence-corrected chi connectivity index (χ4v) is 3.02. The summed E-state index contributed by atoms with van der Waals surface area (Å²) in [5, 5.41) is 0.654. The van der Waals surface area contributed by atoms with Gasteiger partial charge >= 0.3 is 0 Å². The Hall–Kier alpha value is -1.60. The number of ketones is 1. The second-order valence-corrected chi connectivity index (χ2v) is 6.10. The monoisotopic (exact) mass is 300 g/mol. The number of carbonyl (C=O) groups excluding carboxylic acids is 1. The van der Waals surface area contributed by atoms with Crippen molar-refractivity contribution >= 4 is 17.4 Å². The van der Waals surface area contributed by atoms with Gasteiger partial charge in [0.1, 0.15) is 0 Å². The molecule has 0 saturated heterocycles. The third-order valence-electron chi connectivity index (χ3n) is 4.59. The van der Waals surface area contributed by atoms with Gasteiger partial charge in [-0.05, 0) is 74.1 Å². The van der Waals surface area contributed by atoms with Gasteiger partial charge in [-0.2, -0.15) is 0 Å². The molecule has 0 amide bonds. The summed E-state index contributed by atoms with van der Waals surface area (Å²) in [5.41, 5.74) is 7.62. The molecule has 21 heavy (non-hydrogen) atoms. The average molecular weight is 301 g/mol. The molecule has 2 rings (SSSR count). The summed E-state index contributed by atoms with van der Waals surface area (Å²) >= 11 is 6.17. The molecule has 2 aromatic carbocycles. The van der Waals surface area contributed by atoms with E-state index in [0.717, 1.165) is 22.3 Å². The number of carbonyl (C=O) groups is 1. The van der Waals surface area contributed by atoms with Crippen molar-refractivity contribution in [2.75, 3.05) is 0 Å². The van der Waals surface area contributed by atoms with Crippen LogP contribution in [0.5, 0.6) is 0 Å². The number of hydrogen-bond donors (Lipinski definition) is 0. The molecule has 0 aliphatic heterocycles. The van der Waals surface area contributed by atoms with E-state index in [9.17, 15) is 4.79 Å². The van der Waals surface area contributed by atoms with Crippen LogP contribution in [-0.2, 0) is 6.42 Å². The first kappa shape index (κ1) is 15.8. The summed E-state index contributed by atoms with van der Waals surface area (Å²) < 4.78 is 0. The van der Waals surface area contributed by atoms with Gasteiger partial charge in [-0.15, -0.1) is 0 Å². The summed E-state index contributed by atoms with van der Waals surface area (Å²) in [5.74, 6) is 0.143. The Bertz CT molecular complexity index is 685. The normalized spacial score (nSPS) is 10.8. The summed E-state index contributed by atoms with van der Waals surface area (Å²) in [6.07, 6.45) is 0.350. The zero-order valence-electron chi connectivity index (χ0n) is 13.3. The summed E-state index contributed by atoms with van der Waals surface area (Å²) in [7, 11) is 0. The molecule has 0 aliphatic rings. The lowest BCUT2D eigenvalue weighted by Gasteiger charge is -2.18. The largest absolute Gasteiger partial charge is 0.294 e. The highest BCUT2D eigenvalue weighted by Crippen LogP contribution is 2.28. The van der Waals surface area contributed by atoms with Crippen LogP contribution in [0.3, 0.4) is 0 Å². The lowest BCUT2D eigenvalue weighted by atomic mass is 9.86. The van der Waals surface area contributed by atoms with Gasteiger partial charge < -0.3 is 0 Å². The molecule has 0 fully saturated rings. The fraction of sp³-hybridized carbons (Fsp3) is 0.316. The predicted molar refractivity (Wildman–Crippen MR) is 89.6 cm³/mol. The van der Waals surface area contributed by atoms with Gasteiger partial charge in [-0.1, -0.05) is 29.8 Å². The maximum Gasteiger partial charge on any atom is 0.167 e. The van der Waals surface area contributed by atoms with E-state index >= 15 is 0 Å². The number of halogens is 1. The van der Waals surface area contributed by atoms with Crippen molar-refractivity contribution in [3.8, 4) is 0 Å². The van der Waals surface area contributed by atoms with Crippen molar-refractivity contribution in [3.63, 3.8) is 0 Å². The van der Waals surface area contributed by atoms with E-state index in [1.807, 2.05) is 38.1 Å². The van der Waals surface area contributed by atoms with Crippen LogP contribution in [0.15, 0.2) is 24.3 Å². The molecule has 0 aliphatic carbocycles. The van der Waals surface area contributed by atoms with E-state index in [0.29, 0.717) is 11.4 Å². The van der Waals surface area contributed by atoms with Crippen molar-refractivity contribution in [1.82, 2.24) is 0 Å². The van der Waals surface area contributed by atoms with Gasteiger partial charge in [0.05, 0.1) is 0 Å². The average Bonchev–Trinajstić information content (AvgIpc) is 2.46. The maximum absolute atomic E-state index is 12.8. The molecular formula is C19H21ClO. The van der Waals surface area contributed by atoms with E-state index in [-0.39, 0.29) is 5.78 Å². The SMILES string of the molecule is Cc1c(C)c(C)c(C(=O)Cc2ccccc2Cl)c(C)c1C. The zero-order chi connectivity index (χ0) is 15.7. The molecule has 0 unspecified atom stereocenters. The van der Waals surface area contributed by atoms with E-state index in [1.54, 1.807) is 0 Å². The first-order chi connectivity index (χ1) is 9.84. The van der Waals surface area contributed by atoms with Crippen LogP contribution >= 0.6 is 11.6 Å². The summed E-state index contributed by atoms with van der Waals surface area (Å²) in [6, 6.07) is 7.54. The quantitative estimate of drug-likeness (QED) is 0.702. The Morgan fingerprint density at radius 1 is 0.857 bits per heavy atom. The molecule has 1 nitrogen and oxygen atoms in total. The van der Waals surface area contributed by atoms with Crippen LogP contribution < -0.4 is 0 Å². The Labute approximate surface area is 132 Å². The Morgan fingerprint density at radius 2 is 1.33 bits per heavy atom. The van der Waals surface area contributed by atoms with Gasteiger partial charge in [0.25, 0.3) is 0 Å². The first-order valence-electron chi connectivity index (χ1n) is 7.18.